The second kappa shape index (κ2) is 10.6. The van der Waals surface area contributed by atoms with Gasteiger partial charge in [-0.3, -0.25) is 0 Å². The minimum Gasteiger partial charge on any atom is -0.314 e. The van der Waals surface area contributed by atoms with Gasteiger partial charge in [-0.25, -0.2) is 0 Å². The lowest BCUT2D eigenvalue weighted by Gasteiger charge is -2.39. The maximum atomic E-state index is 3.83. The molecule has 1 saturated carbocycles. The third-order valence-electron chi connectivity index (χ3n) is 5.51. The van der Waals surface area contributed by atoms with Gasteiger partial charge in [0.2, 0.25) is 0 Å². The Labute approximate surface area is 134 Å². The van der Waals surface area contributed by atoms with Crippen LogP contribution in [0.3, 0.4) is 0 Å². The molecule has 3 unspecified atom stereocenters. The van der Waals surface area contributed by atoms with E-state index < -0.39 is 0 Å². The molecule has 1 N–H and O–H groups in total. The monoisotopic (exact) mass is 296 g/mol. The average molecular weight is 297 g/mol. The Hall–Kier alpha value is -0.0800. The molecule has 0 radical (unpaired) electrons. The van der Waals surface area contributed by atoms with Gasteiger partial charge in [0.25, 0.3) is 0 Å². The fourth-order valence-corrected chi connectivity index (χ4v) is 3.88. The van der Waals surface area contributed by atoms with E-state index in [4.69, 9.17) is 0 Å². The number of hydrogen-bond donors (Lipinski definition) is 1. The van der Waals surface area contributed by atoms with Crippen molar-refractivity contribution in [3.63, 3.8) is 0 Å². The Morgan fingerprint density at radius 3 is 2.38 bits per heavy atom. The summed E-state index contributed by atoms with van der Waals surface area (Å²) in [6.45, 7) is 16.7. The standard InChI is InChI=1S/C19H40N2/c1-6-12-20-19-11-10-16(5)13-18(19)15-21(9-4)14-17(7-2)8-3/h16-20H,6-15H2,1-5H3. The molecule has 0 amide bonds. The predicted octanol–water partition coefficient (Wildman–Crippen LogP) is 4.55. The van der Waals surface area contributed by atoms with Gasteiger partial charge in [0.05, 0.1) is 0 Å². The van der Waals surface area contributed by atoms with E-state index in [0.29, 0.717) is 0 Å². The van der Waals surface area contributed by atoms with Gasteiger partial charge in [0.1, 0.15) is 0 Å². The van der Waals surface area contributed by atoms with E-state index in [9.17, 15) is 0 Å². The molecule has 1 fully saturated rings. The minimum atomic E-state index is 0.761. The molecule has 1 rings (SSSR count). The van der Waals surface area contributed by atoms with Gasteiger partial charge in [-0.05, 0) is 56.5 Å². The third kappa shape index (κ3) is 6.69. The van der Waals surface area contributed by atoms with Crippen LogP contribution < -0.4 is 5.32 Å². The minimum absolute atomic E-state index is 0.761. The maximum absolute atomic E-state index is 3.83. The molecule has 0 saturated heterocycles. The zero-order chi connectivity index (χ0) is 15.7. The van der Waals surface area contributed by atoms with E-state index >= 15 is 0 Å². The highest BCUT2D eigenvalue weighted by Crippen LogP contribution is 2.30. The Balaban J connectivity index is 2.55. The van der Waals surface area contributed by atoms with Gasteiger partial charge in [-0.15, -0.1) is 0 Å². The Kier molecular flexibility index (Phi) is 9.59. The van der Waals surface area contributed by atoms with Crippen LogP contribution in [0.25, 0.3) is 0 Å². The fourth-order valence-electron chi connectivity index (χ4n) is 3.88. The van der Waals surface area contributed by atoms with Crippen molar-refractivity contribution in [1.29, 1.82) is 0 Å². The highest BCUT2D eigenvalue weighted by Gasteiger charge is 2.29. The van der Waals surface area contributed by atoms with Crippen LogP contribution in [-0.2, 0) is 0 Å². The molecule has 0 bridgehead atoms. The molecule has 0 aromatic carbocycles. The Morgan fingerprint density at radius 2 is 1.81 bits per heavy atom. The van der Waals surface area contributed by atoms with Crippen LogP contribution in [0.4, 0.5) is 0 Å². The first-order valence-corrected chi connectivity index (χ1v) is 9.60. The molecular formula is C19H40N2. The first-order chi connectivity index (χ1) is 10.1. The van der Waals surface area contributed by atoms with Crippen LogP contribution in [0.2, 0.25) is 0 Å². The van der Waals surface area contributed by atoms with Crippen molar-refractivity contribution in [3.05, 3.63) is 0 Å². The summed E-state index contributed by atoms with van der Waals surface area (Å²) in [5.74, 6) is 2.66. The van der Waals surface area contributed by atoms with Crippen molar-refractivity contribution < 1.29 is 0 Å². The zero-order valence-corrected chi connectivity index (χ0v) is 15.3. The molecule has 0 aliphatic heterocycles. The first-order valence-electron chi connectivity index (χ1n) is 9.60. The molecule has 0 spiro atoms. The Bertz CT molecular complexity index is 248. The molecule has 2 heteroatoms. The number of nitrogens with one attached hydrogen (secondary N) is 1. The van der Waals surface area contributed by atoms with Crippen molar-refractivity contribution in [1.82, 2.24) is 10.2 Å². The van der Waals surface area contributed by atoms with Gasteiger partial charge in [-0.1, -0.05) is 47.5 Å². The largest absolute Gasteiger partial charge is 0.314 e. The molecule has 0 heterocycles. The third-order valence-corrected chi connectivity index (χ3v) is 5.51. The summed E-state index contributed by atoms with van der Waals surface area (Å²) in [4.78, 5) is 2.72. The molecule has 1 aliphatic carbocycles. The normalized spacial score (nSPS) is 26.7. The summed E-state index contributed by atoms with van der Waals surface area (Å²) in [5.41, 5.74) is 0. The first kappa shape index (κ1) is 19.0. The summed E-state index contributed by atoms with van der Waals surface area (Å²) < 4.78 is 0. The van der Waals surface area contributed by atoms with Crippen LogP contribution in [0.1, 0.15) is 73.1 Å². The number of rotatable bonds is 10. The smallest absolute Gasteiger partial charge is 0.0108 e. The fraction of sp³-hybridized carbons (Fsp3) is 1.00. The Morgan fingerprint density at radius 1 is 1.10 bits per heavy atom. The van der Waals surface area contributed by atoms with Crippen LogP contribution >= 0.6 is 0 Å². The van der Waals surface area contributed by atoms with E-state index in [2.05, 4.69) is 44.8 Å². The van der Waals surface area contributed by atoms with E-state index in [-0.39, 0.29) is 0 Å². The second-order valence-electron chi connectivity index (χ2n) is 7.27. The lowest BCUT2D eigenvalue weighted by atomic mass is 9.78. The van der Waals surface area contributed by atoms with Crippen LogP contribution in [0.15, 0.2) is 0 Å². The van der Waals surface area contributed by atoms with Crippen molar-refractivity contribution >= 4 is 0 Å². The number of nitrogens with zero attached hydrogens (tertiary/aromatic N) is 1. The summed E-state index contributed by atoms with van der Waals surface area (Å²) in [7, 11) is 0. The second-order valence-corrected chi connectivity index (χ2v) is 7.27. The van der Waals surface area contributed by atoms with Crippen molar-refractivity contribution in [2.45, 2.75) is 79.2 Å². The molecule has 0 aromatic rings. The zero-order valence-electron chi connectivity index (χ0n) is 15.3. The van der Waals surface area contributed by atoms with Gasteiger partial charge < -0.3 is 10.2 Å². The van der Waals surface area contributed by atoms with Gasteiger partial charge in [0.15, 0.2) is 0 Å². The van der Waals surface area contributed by atoms with E-state index in [1.54, 1.807) is 0 Å². The van der Waals surface area contributed by atoms with Crippen LogP contribution in [0, 0.1) is 17.8 Å². The lowest BCUT2D eigenvalue weighted by molar-refractivity contribution is 0.134. The average Bonchev–Trinajstić information content (AvgIpc) is 2.50. The molecule has 0 aromatic heterocycles. The van der Waals surface area contributed by atoms with Crippen LogP contribution in [-0.4, -0.2) is 37.1 Å². The highest BCUT2D eigenvalue weighted by molar-refractivity contribution is 4.85. The molecule has 21 heavy (non-hydrogen) atoms. The predicted molar refractivity (Wildman–Crippen MR) is 94.8 cm³/mol. The van der Waals surface area contributed by atoms with Gasteiger partial charge in [0, 0.05) is 19.1 Å². The topological polar surface area (TPSA) is 15.3 Å². The number of hydrogen-bond acceptors (Lipinski definition) is 2. The highest BCUT2D eigenvalue weighted by atomic mass is 15.1. The van der Waals surface area contributed by atoms with E-state index in [1.807, 2.05) is 0 Å². The summed E-state index contributed by atoms with van der Waals surface area (Å²) in [5, 5.41) is 3.83. The van der Waals surface area contributed by atoms with Gasteiger partial charge in [-0.2, -0.15) is 0 Å². The van der Waals surface area contributed by atoms with Crippen molar-refractivity contribution in [2.24, 2.45) is 17.8 Å². The van der Waals surface area contributed by atoms with Crippen molar-refractivity contribution in [3.8, 4) is 0 Å². The van der Waals surface area contributed by atoms with Crippen LogP contribution in [0.5, 0.6) is 0 Å². The SMILES string of the molecule is CCCNC1CCC(C)CC1CN(CC)CC(CC)CC. The molecule has 2 nitrogen and oxygen atoms in total. The lowest BCUT2D eigenvalue weighted by Crippen LogP contribution is -2.46. The molecular weight excluding hydrogens is 256 g/mol. The summed E-state index contributed by atoms with van der Waals surface area (Å²) in [6.07, 6.45) is 8.12. The van der Waals surface area contributed by atoms with E-state index in [0.717, 1.165) is 23.8 Å². The van der Waals surface area contributed by atoms with Gasteiger partial charge >= 0.3 is 0 Å². The maximum Gasteiger partial charge on any atom is 0.0108 e. The molecule has 3 atom stereocenters. The van der Waals surface area contributed by atoms with E-state index in [1.165, 1.54) is 64.7 Å². The molecule has 1 aliphatic rings. The quantitative estimate of drug-likeness (QED) is 0.636. The summed E-state index contributed by atoms with van der Waals surface area (Å²) >= 11 is 0. The van der Waals surface area contributed by atoms with Crippen molar-refractivity contribution in [2.75, 3.05) is 26.2 Å². The summed E-state index contributed by atoms with van der Waals surface area (Å²) in [6, 6.07) is 0.761. The molecule has 126 valence electrons.